The van der Waals surface area contributed by atoms with E-state index in [9.17, 15) is 43.7 Å². The van der Waals surface area contributed by atoms with Crippen molar-refractivity contribution in [2.75, 3.05) is 33.0 Å². The van der Waals surface area contributed by atoms with Crippen molar-refractivity contribution in [2.45, 2.75) is 463 Å². The predicted octanol–water partition coefficient (Wildman–Crippen LogP) is 20.7. The number of nitrogens with one attached hydrogen (secondary N) is 2. The maximum atomic E-state index is 14.8. The molecule has 592 valence electrons. The molecule has 0 saturated carbocycles. The van der Waals surface area contributed by atoms with Gasteiger partial charge in [-0.1, -0.05) is 350 Å². The minimum atomic E-state index is -5.44. The summed E-state index contributed by atoms with van der Waals surface area (Å²) in [5.41, 5.74) is 0. The quantitative estimate of drug-likeness (QED) is 0.0188. The highest BCUT2D eigenvalue weighted by atomic mass is 31.2. The average Bonchev–Trinajstić information content (AvgIpc) is 0.781. The summed E-state index contributed by atoms with van der Waals surface area (Å²) in [6.45, 7) is 13.0. The number of hydrogen-bond acceptors (Lipinski definition) is 13. The van der Waals surface area contributed by atoms with Crippen LogP contribution in [0.4, 0.5) is 0 Å². The van der Waals surface area contributed by atoms with E-state index in [2.05, 4.69) is 52.2 Å². The summed E-state index contributed by atoms with van der Waals surface area (Å²) in [4.78, 5) is 77.7. The standard InChI is InChI=1S/C81H157N2O16P/c1-7-13-19-25-31-37-40-46-52-58-69(93-61-55-49-43-34-28-22-16-10-4)64-74(85)82-72(80(88)89)68-96-81-77(83-75(86)65-70(59-53-47-41-38-32-26-20-14-8-2)94-62-56-50-44-35-29-23-17-11-5)79(78(73(67-84)97-81)99-100(90,91)92)98-76(87)66-71(60-54-48-42-39-33-27-21-15-9-3)95-63-57-51-45-36-30-24-18-12-6/h69-73,77-79,81,84H,7-68H2,1-6H3,(H,82,85)(H,83,86)(H,88,89)(H2,90,91,92)/t69-,70-,71-,72+,73?,77+,78-,79?,81-/m1/s1. The summed E-state index contributed by atoms with van der Waals surface area (Å²) < 4.78 is 56.7. The van der Waals surface area contributed by atoms with Gasteiger partial charge in [0.1, 0.15) is 18.2 Å². The van der Waals surface area contributed by atoms with E-state index in [-0.39, 0.29) is 19.3 Å². The molecule has 2 amide bonds. The molecular formula is C81H157N2O16P. The SMILES string of the molecule is CCCCCCCCCCC[C@H](CC(=O)N[C@@H](CO[C@@H]1OC(CO)[C@@H](OP(=O)(O)O)C(OC(=O)C[C@@H](CCCCCCCCCCC)OCCCCCCCCCC)[C@@H]1NC(=O)C[C@@H](CCCCCCCCCCC)OCCCCCCCCCC)C(=O)O)OCCCCCCCCCC. The van der Waals surface area contributed by atoms with Crippen LogP contribution in [0.15, 0.2) is 0 Å². The van der Waals surface area contributed by atoms with E-state index in [0.29, 0.717) is 39.1 Å². The van der Waals surface area contributed by atoms with E-state index in [1.807, 2.05) is 0 Å². The van der Waals surface area contributed by atoms with E-state index in [1.54, 1.807) is 0 Å². The first-order valence-electron chi connectivity index (χ1n) is 42.1. The number of aliphatic hydroxyl groups is 1. The number of phosphoric ester groups is 1. The van der Waals surface area contributed by atoms with Crippen LogP contribution in [0.5, 0.6) is 0 Å². The van der Waals surface area contributed by atoms with E-state index in [1.165, 1.54) is 180 Å². The van der Waals surface area contributed by atoms with Crippen LogP contribution >= 0.6 is 7.82 Å². The van der Waals surface area contributed by atoms with Gasteiger partial charge in [0.25, 0.3) is 0 Å². The Balaban J connectivity index is 3.73. The van der Waals surface area contributed by atoms with Crippen molar-refractivity contribution in [3.05, 3.63) is 0 Å². The van der Waals surface area contributed by atoms with Gasteiger partial charge in [-0.25, -0.2) is 9.36 Å². The summed E-state index contributed by atoms with van der Waals surface area (Å²) in [5.74, 6) is -3.33. The van der Waals surface area contributed by atoms with E-state index >= 15 is 0 Å². The van der Waals surface area contributed by atoms with Crippen LogP contribution in [0.25, 0.3) is 0 Å². The third-order valence-electron chi connectivity index (χ3n) is 19.9. The van der Waals surface area contributed by atoms with Crippen LogP contribution in [0.3, 0.4) is 0 Å². The summed E-state index contributed by atoms with van der Waals surface area (Å²) in [5, 5.41) is 27.3. The van der Waals surface area contributed by atoms with Crippen molar-refractivity contribution in [3.63, 3.8) is 0 Å². The van der Waals surface area contributed by atoms with Crippen molar-refractivity contribution in [1.29, 1.82) is 0 Å². The molecule has 0 aromatic heterocycles. The van der Waals surface area contributed by atoms with Gasteiger partial charge in [-0.3, -0.25) is 18.9 Å². The summed E-state index contributed by atoms with van der Waals surface area (Å²) in [6, 6.07) is -3.22. The van der Waals surface area contributed by atoms with Gasteiger partial charge < -0.3 is 59.1 Å². The number of aliphatic carboxylic acids is 1. The second kappa shape index (κ2) is 68.6. The van der Waals surface area contributed by atoms with Crippen LogP contribution in [0.2, 0.25) is 0 Å². The zero-order chi connectivity index (χ0) is 73.2. The molecule has 6 N–H and O–H groups in total. The number of carboxylic acid groups (broad SMARTS) is 1. The smallest absolute Gasteiger partial charge is 0.470 e. The zero-order valence-corrected chi connectivity index (χ0v) is 66.1. The van der Waals surface area contributed by atoms with E-state index in [4.69, 9.17) is 32.9 Å². The molecule has 0 bridgehead atoms. The molecule has 19 heteroatoms. The molecule has 0 aromatic carbocycles. The number of phosphoric acid groups is 1. The zero-order valence-electron chi connectivity index (χ0n) is 65.2. The topological polar surface area (TPSA) is 255 Å². The second-order valence-electron chi connectivity index (χ2n) is 29.5. The summed E-state index contributed by atoms with van der Waals surface area (Å²) in [6.07, 6.45) is 50.2. The van der Waals surface area contributed by atoms with Gasteiger partial charge in [0.05, 0.1) is 50.8 Å². The van der Waals surface area contributed by atoms with E-state index in [0.717, 1.165) is 148 Å². The summed E-state index contributed by atoms with van der Waals surface area (Å²) >= 11 is 0. The monoisotopic (exact) mass is 1450 g/mol. The minimum Gasteiger partial charge on any atom is -0.480 e. The third kappa shape index (κ3) is 56.1. The predicted molar refractivity (Wildman–Crippen MR) is 406 cm³/mol. The Morgan fingerprint density at radius 1 is 0.410 bits per heavy atom. The first-order chi connectivity index (χ1) is 48.7. The Morgan fingerprint density at radius 3 is 1.02 bits per heavy atom. The lowest BCUT2D eigenvalue weighted by atomic mass is 9.95. The molecule has 1 aliphatic heterocycles. The molecule has 1 heterocycles. The molecule has 1 saturated heterocycles. The fraction of sp³-hybridized carbons (Fsp3) is 0.951. The molecule has 1 rings (SSSR count). The molecular weight excluding hydrogens is 1290 g/mol. The maximum Gasteiger partial charge on any atom is 0.470 e. The molecule has 18 nitrogen and oxygen atoms in total. The molecule has 100 heavy (non-hydrogen) atoms. The van der Waals surface area contributed by atoms with Gasteiger partial charge in [0.2, 0.25) is 11.8 Å². The molecule has 0 aromatic rings. The minimum absolute atomic E-state index is 0.0767. The van der Waals surface area contributed by atoms with Gasteiger partial charge in [-0.15, -0.1) is 0 Å². The largest absolute Gasteiger partial charge is 0.480 e. The fourth-order valence-corrected chi connectivity index (χ4v) is 14.2. The van der Waals surface area contributed by atoms with Gasteiger partial charge in [0.15, 0.2) is 18.4 Å². The number of ether oxygens (including phenoxy) is 6. The number of carbonyl (C=O) groups is 4. The molecule has 0 radical (unpaired) electrons. The van der Waals surface area contributed by atoms with Crippen LogP contribution in [0, 0.1) is 0 Å². The number of amides is 2. The molecule has 2 unspecified atom stereocenters. The molecule has 9 atom stereocenters. The molecule has 0 aliphatic carbocycles. The second-order valence-corrected chi connectivity index (χ2v) is 30.7. The number of unbranched alkanes of at least 4 members (excludes halogenated alkanes) is 45. The van der Waals surface area contributed by atoms with Crippen LogP contribution in [0.1, 0.15) is 408 Å². The number of hydrogen-bond donors (Lipinski definition) is 6. The van der Waals surface area contributed by atoms with Crippen LogP contribution in [-0.2, 0) is 56.7 Å². The van der Waals surface area contributed by atoms with Crippen LogP contribution < -0.4 is 10.6 Å². The number of carbonyl (C=O) groups excluding carboxylic acids is 3. The third-order valence-corrected chi connectivity index (χ3v) is 20.4. The van der Waals surface area contributed by atoms with Crippen molar-refractivity contribution >= 4 is 31.6 Å². The Labute approximate surface area is 611 Å². The normalized spacial score (nSPS) is 17.7. The lowest BCUT2D eigenvalue weighted by Gasteiger charge is -2.45. The molecule has 1 fully saturated rings. The van der Waals surface area contributed by atoms with Gasteiger partial charge >= 0.3 is 19.8 Å². The Hall–Kier alpha value is -2.25. The highest BCUT2D eigenvalue weighted by molar-refractivity contribution is 7.46. The van der Waals surface area contributed by atoms with Crippen molar-refractivity contribution in [2.24, 2.45) is 0 Å². The van der Waals surface area contributed by atoms with Gasteiger partial charge in [-0.05, 0) is 38.5 Å². The Bertz CT molecular complexity index is 1850. The maximum absolute atomic E-state index is 14.8. The number of carboxylic acids is 1. The van der Waals surface area contributed by atoms with Gasteiger partial charge in [-0.2, -0.15) is 0 Å². The van der Waals surface area contributed by atoms with Crippen molar-refractivity contribution < 1.29 is 76.7 Å². The average molecular weight is 1450 g/mol. The van der Waals surface area contributed by atoms with Gasteiger partial charge in [0, 0.05) is 19.8 Å². The van der Waals surface area contributed by atoms with Crippen molar-refractivity contribution in [3.8, 4) is 0 Å². The number of esters is 1. The summed E-state index contributed by atoms with van der Waals surface area (Å²) in [7, 11) is -5.44. The number of aliphatic hydroxyl groups excluding tert-OH is 1. The first kappa shape index (κ1) is 95.8. The molecule has 0 spiro atoms. The lowest BCUT2D eigenvalue weighted by molar-refractivity contribution is -0.272. The Kier molecular flexibility index (Phi) is 65.6. The van der Waals surface area contributed by atoms with Crippen molar-refractivity contribution in [1.82, 2.24) is 10.6 Å². The first-order valence-corrected chi connectivity index (χ1v) is 43.7. The van der Waals surface area contributed by atoms with E-state index < -0.39 is 99.8 Å². The highest BCUT2D eigenvalue weighted by Gasteiger charge is 2.52. The molecule has 1 aliphatic rings. The fourth-order valence-electron chi connectivity index (χ4n) is 13.7. The van der Waals surface area contributed by atoms with Crippen LogP contribution in [-0.4, -0.2) is 132 Å². The number of rotatable bonds is 76. The Morgan fingerprint density at radius 2 is 0.710 bits per heavy atom. The lowest BCUT2D eigenvalue weighted by Crippen LogP contribution is -2.66. The highest BCUT2D eigenvalue weighted by Crippen LogP contribution is 2.42.